The highest BCUT2D eigenvalue weighted by Gasteiger charge is 2.36. The minimum Gasteiger partial charge on any atom is -0.372 e. The first-order valence-electron chi connectivity index (χ1n) is 9.17. The smallest absolute Gasteiger partial charge is 0.239 e. The second-order valence-electron chi connectivity index (χ2n) is 7.92. The molecule has 138 valence electrons. The van der Waals surface area contributed by atoms with Gasteiger partial charge in [0.25, 0.3) is 0 Å². The van der Waals surface area contributed by atoms with Gasteiger partial charge in [-0.05, 0) is 70.7 Å². The quantitative estimate of drug-likeness (QED) is 0.804. The molecule has 1 saturated heterocycles. The van der Waals surface area contributed by atoms with E-state index in [1.165, 1.54) is 18.5 Å². The number of piperidine rings is 1. The number of benzene rings is 1. The Labute approximate surface area is 151 Å². The zero-order valence-electron chi connectivity index (χ0n) is 16.1. The van der Waals surface area contributed by atoms with Crippen LogP contribution in [0.2, 0.25) is 0 Å². The van der Waals surface area contributed by atoms with Gasteiger partial charge in [-0.25, -0.2) is 0 Å². The lowest BCUT2D eigenvalue weighted by Crippen LogP contribution is -2.47. The van der Waals surface area contributed by atoms with Gasteiger partial charge in [-0.2, -0.15) is 0 Å². The summed E-state index contributed by atoms with van der Waals surface area (Å²) in [6.07, 6.45) is 2.44. The molecule has 0 aromatic heterocycles. The van der Waals surface area contributed by atoms with Crippen LogP contribution in [0.25, 0.3) is 0 Å². The molecule has 0 aliphatic carbocycles. The SMILES string of the molecule is CC1CCN(c2ccc(NC(=O)C(C)(C)C(=O)NC(C)C)cc2)CC1. The zero-order chi connectivity index (χ0) is 18.6. The molecular weight excluding hydrogens is 314 g/mol. The molecule has 0 saturated carbocycles. The molecule has 1 aromatic rings. The minimum absolute atomic E-state index is 0.00567. The van der Waals surface area contributed by atoms with Gasteiger partial charge in [-0.15, -0.1) is 0 Å². The second-order valence-corrected chi connectivity index (χ2v) is 7.92. The Hall–Kier alpha value is -2.04. The molecule has 2 N–H and O–H groups in total. The van der Waals surface area contributed by atoms with Crippen LogP contribution in [0.15, 0.2) is 24.3 Å². The van der Waals surface area contributed by atoms with E-state index in [1.54, 1.807) is 13.8 Å². The second kappa shape index (κ2) is 7.89. The number of nitrogens with one attached hydrogen (secondary N) is 2. The molecule has 2 rings (SSSR count). The van der Waals surface area contributed by atoms with Gasteiger partial charge in [0, 0.05) is 30.5 Å². The maximum Gasteiger partial charge on any atom is 0.239 e. The van der Waals surface area contributed by atoms with Gasteiger partial charge < -0.3 is 15.5 Å². The van der Waals surface area contributed by atoms with Crippen molar-refractivity contribution in [2.45, 2.75) is 53.5 Å². The Morgan fingerprint density at radius 1 is 1.08 bits per heavy atom. The highest BCUT2D eigenvalue weighted by Crippen LogP contribution is 2.25. The summed E-state index contributed by atoms with van der Waals surface area (Å²) in [5.74, 6) is 0.235. The number of hydrogen-bond donors (Lipinski definition) is 2. The fourth-order valence-electron chi connectivity index (χ4n) is 2.86. The number of hydrogen-bond acceptors (Lipinski definition) is 3. The van der Waals surface area contributed by atoms with Gasteiger partial charge in [-0.1, -0.05) is 6.92 Å². The molecule has 0 unspecified atom stereocenters. The molecule has 5 nitrogen and oxygen atoms in total. The van der Waals surface area contributed by atoms with Crippen molar-refractivity contribution in [1.82, 2.24) is 5.32 Å². The van der Waals surface area contributed by atoms with Crippen molar-refractivity contribution in [2.24, 2.45) is 11.3 Å². The van der Waals surface area contributed by atoms with E-state index in [9.17, 15) is 9.59 Å². The van der Waals surface area contributed by atoms with Gasteiger partial charge in [0.1, 0.15) is 5.41 Å². The molecule has 25 heavy (non-hydrogen) atoms. The van der Waals surface area contributed by atoms with Crippen molar-refractivity contribution < 1.29 is 9.59 Å². The van der Waals surface area contributed by atoms with Gasteiger partial charge >= 0.3 is 0 Å². The van der Waals surface area contributed by atoms with E-state index in [-0.39, 0.29) is 17.9 Å². The van der Waals surface area contributed by atoms with Crippen molar-refractivity contribution in [3.05, 3.63) is 24.3 Å². The molecule has 1 fully saturated rings. The van der Waals surface area contributed by atoms with Crippen LogP contribution >= 0.6 is 0 Å². The molecule has 0 spiro atoms. The van der Waals surface area contributed by atoms with Crippen LogP contribution in [0, 0.1) is 11.3 Å². The first-order chi connectivity index (χ1) is 11.7. The summed E-state index contributed by atoms with van der Waals surface area (Å²) in [5, 5.41) is 5.65. The Balaban J connectivity index is 1.98. The van der Waals surface area contributed by atoms with E-state index in [4.69, 9.17) is 0 Å². The lowest BCUT2D eigenvalue weighted by Gasteiger charge is -2.32. The normalized spacial score (nSPS) is 16.0. The largest absolute Gasteiger partial charge is 0.372 e. The van der Waals surface area contributed by atoms with Crippen LogP contribution in [-0.4, -0.2) is 30.9 Å². The zero-order valence-corrected chi connectivity index (χ0v) is 16.1. The average molecular weight is 345 g/mol. The fourth-order valence-corrected chi connectivity index (χ4v) is 2.86. The maximum atomic E-state index is 12.5. The first kappa shape index (κ1) is 19.3. The van der Waals surface area contributed by atoms with Gasteiger partial charge in [0.15, 0.2) is 0 Å². The molecule has 2 amide bonds. The summed E-state index contributed by atoms with van der Waals surface area (Å²) in [6, 6.07) is 7.88. The van der Waals surface area contributed by atoms with Crippen LogP contribution in [-0.2, 0) is 9.59 Å². The number of carbonyl (C=O) groups excluding carboxylic acids is 2. The van der Waals surface area contributed by atoms with Crippen LogP contribution in [0.5, 0.6) is 0 Å². The molecular formula is C20H31N3O2. The molecule has 1 aliphatic rings. The van der Waals surface area contributed by atoms with E-state index >= 15 is 0 Å². The summed E-state index contributed by atoms with van der Waals surface area (Å²) in [7, 11) is 0. The number of carbonyl (C=O) groups is 2. The third-order valence-corrected chi connectivity index (χ3v) is 4.83. The molecule has 0 radical (unpaired) electrons. The van der Waals surface area contributed by atoms with Crippen LogP contribution in [0.3, 0.4) is 0 Å². The molecule has 1 aromatic carbocycles. The Bertz CT molecular complexity index is 600. The van der Waals surface area contributed by atoms with Crippen LogP contribution < -0.4 is 15.5 Å². The van der Waals surface area contributed by atoms with E-state index in [2.05, 4.69) is 22.5 Å². The molecule has 1 heterocycles. The minimum atomic E-state index is -1.12. The lowest BCUT2D eigenvalue weighted by atomic mass is 9.90. The van der Waals surface area contributed by atoms with Crippen molar-refractivity contribution in [3.8, 4) is 0 Å². The van der Waals surface area contributed by atoms with Crippen LogP contribution in [0.1, 0.15) is 47.5 Å². The third kappa shape index (κ3) is 4.97. The first-order valence-corrected chi connectivity index (χ1v) is 9.17. The Kier molecular flexibility index (Phi) is 6.09. The van der Waals surface area contributed by atoms with Crippen LogP contribution in [0.4, 0.5) is 11.4 Å². The summed E-state index contributed by atoms with van der Waals surface area (Å²) < 4.78 is 0. The molecule has 0 bridgehead atoms. The highest BCUT2D eigenvalue weighted by molar-refractivity contribution is 6.09. The standard InChI is InChI=1S/C20H31N3O2/c1-14(2)21-18(24)20(4,5)19(25)22-16-6-8-17(9-7-16)23-12-10-15(3)11-13-23/h6-9,14-15H,10-13H2,1-5H3,(H,21,24)(H,22,25). The Morgan fingerprint density at radius 3 is 2.16 bits per heavy atom. The molecule has 5 heteroatoms. The number of rotatable bonds is 5. The number of amides is 2. The fraction of sp³-hybridized carbons (Fsp3) is 0.600. The third-order valence-electron chi connectivity index (χ3n) is 4.83. The monoisotopic (exact) mass is 345 g/mol. The van der Waals surface area contributed by atoms with E-state index < -0.39 is 5.41 Å². The summed E-state index contributed by atoms with van der Waals surface area (Å²) >= 11 is 0. The Morgan fingerprint density at radius 2 is 1.64 bits per heavy atom. The molecule has 0 atom stereocenters. The predicted molar refractivity (Wildman–Crippen MR) is 103 cm³/mol. The number of nitrogens with zero attached hydrogens (tertiary/aromatic N) is 1. The average Bonchev–Trinajstić information content (AvgIpc) is 2.55. The topological polar surface area (TPSA) is 61.4 Å². The summed E-state index contributed by atoms with van der Waals surface area (Å²) in [5.41, 5.74) is 0.776. The highest BCUT2D eigenvalue weighted by atomic mass is 16.2. The van der Waals surface area contributed by atoms with Gasteiger partial charge in [0.05, 0.1) is 0 Å². The predicted octanol–water partition coefficient (Wildman–Crippen LogP) is 3.41. The number of anilines is 2. The van der Waals surface area contributed by atoms with E-state index in [0.29, 0.717) is 5.69 Å². The van der Waals surface area contributed by atoms with E-state index in [1.807, 2.05) is 38.1 Å². The summed E-state index contributed by atoms with van der Waals surface area (Å²) in [6.45, 7) is 11.5. The van der Waals surface area contributed by atoms with Gasteiger partial charge in [0.2, 0.25) is 11.8 Å². The maximum absolute atomic E-state index is 12.5. The summed E-state index contributed by atoms with van der Waals surface area (Å²) in [4.78, 5) is 27.1. The van der Waals surface area contributed by atoms with Crippen molar-refractivity contribution in [2.75, 3.05) is 23.3 Å². The van der Waals surface area contributed by atoms with Crippen molar-refractivity contribution in [3.63, 3.8) is 0 Å². The molecule has 1 aliphatic heterocycles. The van der Waals surface area contributed by atoms with Crippen molar-refractivity contribution in [1.29, 1.82) is 0 Å². The van der Waals surface area contributed by atoms with Crippen molar-refractivity contribution >= 4 is 23.2 Å². The van der Waals surface area contributed by atoms with E-state index in [0.717, 1.165) is 19.0 Å². The van der Waals surface area contributed by atoms with Gasteiger partial charge in [-0.3, -0.25) is 9.59 Å². The lowest BCUT2D eigenvalue weighted by molar-refractivity contribution is -0.138.